The molecule has 0 atom stereocenters. The highest BCUT2D eigenvalue weighted by Crippen LogP contribution is 2.11. The van der Waals surface area contributed by atoms with Crippen molar-refractivity contribution < 1.29 is 4.79 Å². The van der Waals surface area contributed by atoms with E-state index in [9.17, 15) is 4.79 Å². The van der Waals surface area contributed by atoms with Gasteiger partial charge >= 0.3 is 0 Å². The van der Waals surface area contributed by atoms with Crippen molar-refractivity contribution in [2.24, 2.45) is 5.92 Å². The maximum atomic E-state index is 11.7. The zero-order valence-corrected chi connectivity index (χ0v) is 9.45. The number of fused-ring (bicyclic) bond motifs is 1. The normalized spacial score (nSPS) is 10.9. The SMILES string of the molecule is CC(C)CNC(=O)c1cc2cccnc2[nH]1. The van der Waals surface area contributed by atoms with Crippen LogP contribution in [0.3, 0.4) is 0 Å². The maximum absolute atomic E-state index is 11.7. The second-order valence-corrected chi connectivity index (χ2v) is 4.23. The second-order valence-electron chi connectivity index (χ2n) is 4.23. The molecule has 2 rings (SSSR count). The lowest BCUT2D eigenvalue weighted by Crippen LogP contribution is -2.27. The Balaban J connectivity index is 2.17. The summed E-state index contributed by atoms with van der Waals surface area (Å²) >= 11 is 0. The van der Waals surface area contributed by atoms with Crippen LogP contribution in [-0.2, 0) is 0 Å². The van der Waals surface area contributed by atoms with Gasteiger partial charge in [0, 0.05) is 18.1 Å². The van der Waals surface area contributed by atoms with Crippen LogP contribution in [-0.4, -0.2) is 22.4 Å². The van der Waals surface area contributed by atoms with E-state index in [1.165, 1.54) is 0 Å². The number of amides is 1. The Bertz CT molecular complexity index is 469. The van der Waals surface area contributed by atoms with Crippen molar-refractivity contribution in [3.05, 3.63) is 30.1 Å². The number of pyridine rings is 1. The quantitative estimate of drug-likeness (QED) is 0.825. The molecule has 0 unspecified atom stereocenters. The van der Waals surface area contributed by atoms with Crippen LogP contribution in [0.25, 0.3) is 11.0 Å². The third-order valence-electron chi connectivity index (χ3n) is 2.31. The minimum atomic E-state index is -0.0771. The van der Waals surface area contributed by atoms with E-state index in [2.05, 4.69) is 29.1 Å². The van der Waals surface area contributed by atoms with Gasteiger partial charge in [0.15, 0.2) is 0 Å². The molecule has 0 saturated carbocycles. The van der Waals surface area contributed by atoms with Gasteiger partial charge in [0.2, 0.25) is 0 Å². The van der Waals surface area contributed by atoms with Gasteiger partial charge in [-0.3, -0.25) is 4.79 Å². The largest absolute Gasteiger partial charge is 0.351 e. The van der Waals surface area contributed by atoms with E-state index >= 15 is 0 Å². The van der Waals surface area contributed by atoms with E-state index in [1.807, 2.05) is 18.2 Å². The number of carbonyl (C=O) groups is 1. The molecule has 0 bridgehead atoms. The van der Waals surface area contributed by atoms with Crippen LogP contribution in [0, 0.1) is 5.92 Å². The van der Waals surface area contributed by atoms with E-state index in [4.69, 9.17) is 0 Å². The summed E-state index contributed by atoms with van der Waals surface area (Å²) < 4.78 is 0. The van der Waals surface area contributed by atoms with Gasteiger partial charge in [-0.15, -0.1) is 0 Å². The highest BCUT2D eigenvalue weighted by Gasteiger charge is 2.09. The topological polar surface area (TPSA) is 57.8 Å². The molecule has 1 amide bonds. The van der Waals surface area contributed by atoms with E-state index in [1.54, 1.807) is 6.20 Å². The molecular weight excluding hydrogens is 202 g/mol. The number of rotatable bonds is 3. The zero-order chi connectivity index (χ0) is 11.5. The van der Waals surface area contributed by atoms with Gasteiger partial charge in [0.05, 0.1) is 0 Å². The fourth-order valence-corrected chi connectivity index (χ4v) is 1.47. The number of aromatic amines is 1. The summed E-state index contributed by atoms with van der Waals surface area (Å²) in [5, 5.41) is 3.82. The molecule has 0 radical (unpaired) electrons. The monoisotopic (exact) mass is 217 g/mol. The summed E-state index contributed by atoms with van der Waals surface area (Å²) in [5.41, 5.74) is 1.31. The summed E-state index contributed by atoms with van der Waals surface area (Å²) in [4.78, 5) is 18.9. The average Bonchev–Trinajstić information content (AvgIpc) is 2.69. The van der Waals surface area contributed by atoms with Crippen LogP contribution in [0.2, 0.25) is 0 Å². The first-order chi connectivity index (χ1) is 7.66. The molecule has 2 aromatic heterocycles. The molecule has 0 aliphatic heterocycles. The van der Waals surface area contributed by atoms with Crippen molar-refractivity contribution >= 4 is 16.9 Å². The summed E-state index contributed by atoms with van der Waals surface area (Å²) in [5.74, 6) is 0.373. The standard InChI is InChI=1S/C12H15N3O/c1-8(2)7-14-12(16)10-6-9-4-3-5-13-11(9)15-10/h3-6,8H,7H2,1-2H3,(H,13,15)(H,14,16). The van der Waals surface area contributed by atoms with Gasteiger partial charge in [-0.1, -0.05) is 13.8 Å². The molecule has 84 valence electrons. The highest BCUT2D eigenvalue weighted by molar-refractivity contribution is 5.97. The number of H-pyrrole nitrogens is 1. The fraction of sp³-hybridized carbons (Fsp3) is 0.333. The fourth-order valence-electron chi connectivity index (χ4n) is 1.47. The van der Waals surface area contributed by atoms with E-state index in [0.29, 0.717) is 18.2 Å². The van der Waals surface area contributed by atoms with Crippen molar-refractivity contribution in [1.29, 1.82) is 0 Å². The molecular formula is C12H15N3O. The Morgan fingerprint density at radius 2 is 2.38 bits per heavy atom. The number of hydrogen-bond acceptors (Lipinski definition) is 2. The Morgan fingerprint density at radius 3 is 3.06 bits per heavy atom. The number of nitrogens with zero attached hydrogens (tertiary/aromatic N) is 1. The van der Waals surface area contributed by atoms with Crippen LogP contribution in [0.5, 0.6) is 0 Å². The number of hydrogen-bond donors (Lipinski definition) is 2. The van der Waals surface area contributed by atoms with Gasteiger partial charge in [-0.05, 0) is 24.1 Å². The molecule has 0 saturated heterocycles. The highest BCUT2D eigenvalue weighted by atomic mass is 16.1. The van der Waals surface area contributed by atoms with E-state index in [0.717, 1.165) is 11.0 Å². The van der Waals surface area contributed by atoms with Crippen molar-refractivity contribution in [3.63, 3.8) is 0 Å². The van der Waals surface area contributed by atoms with Gasteiger partial charge < -0.3 is 10.3 Å². The molecule has 4 heteroatoms. The molecule has 0 fully saturated rings. The van der Waals surface area contributed by atoms with Crippen LogP contribution in [0.4, 0.5) is 0 Å². The van der Waals surface area contributed by atoms with E-state index < -0.39 is 0 Å². The van der Waals surface area contributed by atoms with Gasteiger partial charge in [-0.2, -0.15) is 0 Å². The molecule has 0 aliphatic rings. The number of nitrogens with one attached hydrogen (secondary N) is 2. The lowest BCUT2D eigenvalue weighted by atomic mass is 10.2. The Labute approximate surface area is 94.1 Å². The van der Waals surface area contributed by atoms with Crippen molar-refractivity contribution in [2.75, 3.05) is 6.54 Å². The van der Waals surface area contributed by atoms with Crippen LogP contribution < -0.4 is 5.32 Å². The zero-order valence-electron chi connectivity index (χ0n) is 9.45. The van der Waals surface area contributed by atoms with Gasteiger partial charge in [-0.25, -0.2) is 4.98 Å². The molecule has 0 aliphatic carbocycles. The number of aromatic nitrogens is 2. The summed E-state index contributed by atoms with van der Waals surface area (Å²) in [7, 11) is 0. The lowest BCUT2D eigenvalue weighted by Gasteiger charge is -2.05. The first-order valence-corrected chi connectivity index (χ1v) is 5.39. The van der Waals surface area contributed by atoms with Crippen molar-refractivity contribution in [3.8, 4) is 0 Å². The minimum Gasteiger partial charge on any atom is -0.351 e. The molecule has 4 nitrogen and oxygen atoms in total. The van der Waals surface area contributed by atoms with E-state index in [-0.39, 0.29) is 5.91 Å². The van der Waals surface area contributed by atoms with Crippen molar-refractivity contribution in [1.82, 2.24) is 15.3 Å². The molecule has 2 N–H and O–H groups in total. The van der Waals surface area contributed by atoms with Crippen LogP contribution in [0.1, 0.15) is 24.3 Å². The molecule has 0 spiro atoms. The minimum absolute atomic E-state index is 0.0771. The second kappa shape index (κ2) is 4.35. The summed E-state index contributed by atoms with van der Waals surface area (Å²) in [6.45, 7) is 4.81. The first-order valence-electron chi connectivity index (χ1n) is 5.39. The third kappa shape index (κ3) is 2.21. The Morgan fingerprint density at radius 1 is 1.56 bits per heavy atom. The Hall–Kier alpha value is -1.84. The van der Waals surface area contributed by atoms with Gasteiger partial charge in [0.25, 0.3) is 5.91 Å². The lowest BCUT2D eigenvalue weighted by molar-refractivity contribution is 0.0945. The smallest absolute Gasteiger partial charge is 0.267 e. The molecule has 16 heavy (non-hydrogen) atoms. The van der Waals surface area contributed by atoms with Crippen LogP contribution >= 0.6 is 0 Å². The maximum Gasteiger partial charge on any atom is 0.267 e. The predicted octanol–water partition coefficient (Wildman–Crippen LogP) is 1.95. The Kier molecular flexibility index (Phi) is 2.90. The average molecular weight is 217 g/mol. The first kappa shape index (κ1) is 10.7. The molecule has 0 aromatic carbocycles. The third-order valence-corrected chi connectivity index (χ3v) is 2.31. The molecule has 2 aromatic rings. The van der Waals surface area contributed by atoms with Crippen LogP contribution in [0.15, 0.2) is 24.4 Å². The summed E-state index contributed by atoms with van der Waals surface area (Å²) in [6.07, 6.45) is 1.70. The summed E-state index contributed by atoms with van der Waals surface area (Å²) in [6, 6.07) is 5.60. The molecule has 2 heterocycles. The predicted molar refractivity (Wildman–Crippen MR) is 63.3 cm³/mol. The van der Waals surface area contributed by atoms with Crippen molar-refractivity contribution in [2.45, 2.75) is 13.8 Å². The number of carbonyl (C=O) groups excluding carboxylic acids is 1. The van der Waals surface area contributed by atoms with Gasteiger partial charge in [0.1, 0.15) is 11.3 Å².